The van der Waals surface area contributed by atoms with Crippen LogP contribution in [0, 0.1) is 11.3 Å². The molecule has 1 aromatic heterocycles. The maximum atomic E-state index is 8.42. The summed E-state index contributed by atoms with van der Waals surface area (Å²) in [4.78, 5) is 0. The molecule has 0 fully saturated rings. The summed E-state index contributed by atoms with van der Waals surface area (Å²) in [6.45, 7) is 0.143. The van der Waals surface area contributed by atoms with Gasteiger partial charge in [-0.05, 0) is 12.1 Å². The fourth-order valence-corrected chi connectivity index (χ4v) is 1.78. The lowest BCUT2D eigenvalue weighted by molar-refractivity contribution is 0.252. The lowest BCUT2D eigenvalue weighted by Gasteiger charge is -2.04. The molecule has 0 bridgehead atoms. The van der Waals surface area contributed by atoms with Gasteiger partial charge in [0.1, 0.15) is 5.75 Å². The molecular weight excluding hydrogens is 274 g/mol. The monoisotopic (exact) mass is 281 g/mol. The van der Waals surface area contributed by atoms with Gasteiger partial charge in [-0.3, -0.25) is 0 Å². The maximum absolute atomic E-state index is 8.42. The molecule has 2 aromatic rings. The standard InChI is InChI=1S/C11H8ClN3O2S/c12-8-3-1-2-4-9(8)16-7-10-14-15-11(17-10)18-6-5-13/h1-4H,6-7H2. The minimum atomic E-state index is 0.143. The Bertz CT molecular complexity index is 567. The molecule has 0 spiro atoms. The summed E-state index contributed by atoms with van der Waals surface area (Å²) in [7, 11) is 0. The van der Waals surface area contributed by atoms with Crippen LogP contribution in [0.5, 0.6) is 5.75 Å². The van der Waals surface area contributed by atoms with Crippen molar-refractivity contribution in [3.63, 3.8) is 0 Å². The first kappa shape index (κ1) is 12.7. The number of halogens is 1. The van der Waals surface area contributed by atoms with Gasteiger partial charge in [0.05, 0.1) is 16.8 Å². The van der Waals surface area contributed by atoms with E-state index in [1.807, 2.05) is 18.2 Å². The number of hydrogen-bond acceptors (Lipinski definition) is 6. The van der Waals surface area contributed by atoms with E-state index in [-0.39, 0.29) is 12.4 Å². The highest BCUT2D eigenvalue weighted by atomic mass is 35.5. The zero-order chi connectivity index (χ0) is 12.8. The Morgan fingerprint density at radius 3 is 3.00 bits per heavy atom. The van der Waals surface area contributed by atoms with E-state index in [2.05, 4.69) is 10.2 Å². The summed E-state index contributed by atoms with van der Waals surface area (Å²) in [5, 5.41) is 16.9. The van der Waals surface area contributed by atoms with Gasteiger partial charge in [-0.15, -0.1) is 10.2 Å². The van der Waals surface area contributed by atoms with Gasteiger partial charge >= 0.3 is 0 Å². The Morgan fingerprint density at radius 1 is 1.39 bits per heavy atom. The molecule has 1 aromatic carbocycles. The van der Waals surface area contributed by atoms with Crippen LogP contribution in [0.3, 0.4) is 0 Å². The van der Waals surface area contributed by atoms with E-state index >= 15 is 0 Å². The number of nitriles is 1. The minimum absolute atomic E-state index is 0.143. The van der Waals surface area contributed by atoms with Crippen LogP contribution in [0.4, 0.5) is 0 Å². The number of aromatic nitrogens is 2. The van der Waals surface area contributed by atoms with E-state index in [0.717, 1.165) is 0 Å². The first-order valence-corrected chi connectivity index (χ1v) is 6.35. The molecule has 1 heterocycles. The molecule has 2 rings (SSSR count). The average Bonchev–Trinajstić information content (AvgIpc) is 2.83. The molecule has 92 valence electrons. The Labute approximate surface area is 113 Å². The highest BCUT2D eigenvalue weighted by molar-refractivity contribution is 7.99. The zero-order valence-corrected chi connectivity index (χ0v) is 10.7. The normalized spacial score (nSPS) is 10.0. The first-order valence-electron chi connectivity index (χ1n) is 4.99. The molecule has 0 atom stereocenters. The quantitative estimate of drug-likeness (QED) is 0.785. The molecule has 5 nitrogen and oxygen atoms in total. The van der Waals surface area contributed by atoms with Crippen LogP contribution in [-0.2, 0) is 6.61 Å². The number of benzene rings is 1. The smallest absolute Gasteiger partial charge is 0.277 e. The number of para-hydroxylation sites is 1. The Kier molecular flexibility index (Phi) is 4.45. The molecule has 0 aliphatic rings. The molecule has 0 radical (unpaired) electrons. The van der Waals surface area contributed by atoms with Gasteiger partial charge in [-0.2, -0.15) is 5.26 Å². The second kappa shape index (κ2) is 6.28. The predicted molar refractivity (Wildman–Crippen MR) is 66.4 cm³/mol. The van der Waals surface area contributed by atoms with Crippen molar-refractivity contribution in [3.05, 3.63) is 35.2 Å². The number of nitrogens with zero attached hydrogens (tertiary/aromatic N) is 3. The van der Waals surface area contributed by atoms with Crippen LogP contribution in [0.25, 0.3) is 0 Å². The summed E-state index contributed by atoms with van der Waals surface area (Å²) < 4.78 is 10.7. The number of thioether (sulfide) groups is 1. The summed E-state index contributed by atoms with van der Waals surface area (Å²) >= 11 is 7.12. The second-order valence-electron chi connectivity index (χ2n) is 3.13. The third-order valence-corrected chi connectivity index (χ3v) is 2.89. The Hall–Kier alpha value is -1.71. The third kappa shape index (κ3) is 3.39. The molecule has 0 unspecified atom stereocenters. The number of ether oxygens (including phenoxy) is 1. The maximum Gasteiger partial charge on any atom is 0.277 e. The van der Waals surface area contributed by atoms with Gasteiger partial charge < -0.3 is 9.15 Å². The van der Waals surface area contributed by atoms with E-state index in [1.165, 1.54) is 11.8 Å². The second-order valence-corrected chi connectivity index (χ2v) is 4.46. The van der Waals surface area contributed by atoms with Crippen molar-refractivity contribution < 1.29 is 9.15 Å². The van der Waals surface area contributed by atoms with Crippen molar-refractivity contribution in [3.8, 4) is 11.8 Å². The number of hydrogen-bond donors (Lipinski definition) is 0. The average molecular weight is 282 g/mol. The van der Waals surface area contributed by atoms with Crippen LogP contribution < -0.4 is 4.74 Å². The van der Waals surface area contributed by atoms with E-state index < -0.39 is 0 Å². The highest BCUT2D eigenvalue weighted by Crippen LogP contribution is 2.24. The van der Waals surface area contributed by atoms with E-state index in [1.54, 1.807) is 12.1 Å². The van der Waals surface area contributed by atoms with Gasteiger partial charge in [0.25, 0.3) is 11.1 Å². The minimum Gasteiger partial charge on any atom is -0.482 e. The Balaban J connectivity index is 1.93. The van der Waals surface area contributed by atoms with Crippen molar-refractivity contribution in [2.75, 3.05) is 5.75 Å². The molecule has 0 N–H and O–H groups in total. The highest BCUT2D eigenvalue weighted by Gasteiger charge is 2.08. The van der Waals surface area contributed by atoms with E-state index in [0.29, 0.717) is 21.9 Å². The fraction of sp³-hybridized carbons (Fsp3) is 0.182. The SMILES string of the molecule is N#CCSc1nnc(COc2ccccc2Cl)o1. The van der Waals surface area contributed by atoms with E-state index in [4.69, 9.17) is 26.0 Å². The molecule has 18 heavy (non-hydrogen) atoms. The van der Waals surface area contributed by atoms with Crippen LogP contribution in [0.2, 0.25) is 5.02 Å². The molecule has 0 saturated carbocycles. The van der Waals surface area contributed by atoms with Crippen molar-refractivity contribution >= 4 is 23.4 Å². The first-order chi connectivity index (χ1) is 8.79. The lowest BCUT2D eigenvalue weighted by atomic mass is 10.3. The summed E-state index contributed by atoms with van der Waals surface area (Å²) in [6, 6.07) is 9.11. The molecule has 0 aliphatic heterocycles. The molecule has 7 heteroatoms. The van der Waals surface area contributed by atoms with Crippen LogP contribution in [0.1, 0.15) is 5.89 Å². The fourth-order valence-electron chi connectivity index (χ4n) is 1.15. The molecule has 0 aliphatic carbocycles. The molecular formula is C11H8ClN3O2S. The lowest BCUT2D eigenvalue weighted by Crippen LogP contribution is -1.95. The van der Waals surface area contributed by atoms with Crippen molar-refractivity contribution in [2.24, 2.45) is 0 Å². The van der Waals surface area contributed by atoms with Crippen molar-refractivity contribution in [2.45, 2.75) is 11.8 Å². The van der Waals surface area contributed by atoms with Crippen LogP contribution in [0.15, 0.2) is 33.9 Å². The van der Waals surface area contributed by atoms with Gasteiger partial charge in [-0.1, -0.05) is 35.5 Å². The summed E-state index contributed by atoms with van der Waals surface area (Å²) in [5.41, 5.74) is 0. The largest absolute Gasteiger partial charge is 0.482 e. The van der Waals surface area contributed by atoms with Gasteiger partial charge in [0, 0.05) is 0 Å². The van der Waals surface area contributed by atoms with E-state index in [9.17, 15) is 0 Å². The topological polar surface area (TPSA) is 71.9 Å². The molecule has 0 saturated heterocycles. The van der Waals surface area contributed by atoms with Crippen molar-refractivity contribution in [1.82, 2.24) is 10.2 Å². The predicted octanol–water partition coefficient (Wildman–Crippen LogP) is 2.92. The van der Waals surface area contributed by atoms with Gasteiger partial charge in [-0.25, -0.2) is 0 Å². The summed E-state index contributed by atoms with van der Waals surface area (Å²) in [5.74, 6) is 1.17. The third-order valence-electron chi connectivity index (χ3n) is 1.90. The zero-order valence-electron chi connectivity index (χ0n) is 9.17. The van der Waals surface area contributed by atoms with Crippen molar-refractivity contribution in [1.29, 1.82) is 5.26 Å². The van der Waals surface area contributed by atoms with Gasteiger partial charge in [0.15, 0.2) is 6.61 Å². The molecule has 0 amide bonds. The van der Waals surface area contributed by atoms with Crippen LogP contribution in [-0.4, -0.2) is 16.0 Å². The van der Waals surface area contributed by atoms with Crippen LogP contribution >= 0.6 is 23.4 Å². The Morgan fingerprint density at radius 2 is 2.22 bits per heavy atom. The summed E-state index contributed by atoms with van der Waals surface area (Å²) in [6.07, 6.45) is 0. The van der Waals surface area contributed by atoms with Gasteiger partial charge in [0.2, 0.25) is 0 Å². The number of rotatable bonds is 5.